The van der Waals surface area contributed by atoms with Crippen LogP contribution in [0.2, 0.25) is 0 Å². The first-order valence-corrected chi connectivity index (χ1v) is 8.97. The standard InChI is InChI=1S/C21H15NO3S/c23-21(24)17-7-3-4-8-19(17)25-12-20-22-18(13-26-20)16-10-9-14-5-1-2-6-15(14)11-16/h1-11,13H,12H2,(H,23,24). The third kappa shape index (κ3) is 3.30. The average Bonchev–Trinajstić information content (AvgIpc) is 3.15. The van der Waals surface area contributed by atoms with Crippen LogP contribution in [0, 0.1) is 0 Å². The van der Waals surface area contributed by atoms with Gasteiger partial charge in [0.15, 0.2) is 0 Å². The molecule has 0 unspecified atom stereocenters. The maximum atomic E-state index is 11.2. The van der Waals surface area contributed by atoms with E-state index in [4.69, 9.17) is 4.74 Å². The van der Waals surface area contributed by atoms with Crippen LogP contribution in [0.3, 0.4) is 0 Å². The normalized spacial score (nSPS) is 10.8. The van der Waals surface area contributed by atoms with E-state index in [2.05, 4.69) is 35.3 Å². The summed E-state index contributed by atoms with van der Waals surface area (Å²) in [6.07, 6.45) is 0. The number of para-hydroxylation sites is 1. The average molecular weight is 361 g/mol. The van der Waals surface area contributed by atoms with Crippen molar-refractivity contribution in [1.82, 2.24) is 4.98 Å². The molecule has 0 saturated heterocycles. The van der Waals surface area contributed by atoms with Crippen LogP contribution in [0.5, 0.6) is 5.75 Å². The smallest absolute Gasteiger partial charge is 0.339 e. The highest BCUT2D eigenvalue weighted by molar-refractivity contribution is 7.09. The fraction of sp³-hybridized carbons (Fsp3) is 0.0476. The number of aromatic carboxylic acids is 1. The molecule has 0 spiro atoms. The lowest BCUT2D eigenvalue weighted by Crippen LogP contribution is -2.03. The molecule has 3 aromatic carbocycles. The van der Waals surface area contributed by atoms with E-state index in [1.165, 1.54) is 28.2 Å². The van der Waals surface area contributed by atoms with Crippen LogP contribution in [0.4, 0.5) is 0 Å². The maximum absolute atomic E-state index is 11.2. The Hall–Kier alpha value is -3.18. The van der Waals surface area contributed by atoms with Crippen LogP contribution in [0.25, 0.3) is 22.0 Å². The van der Waals surface area contributed by atoms with Gasteiger partial charge in [-0.1, -0.05) is 48.5 Å². The molecular formula is C21H15NO3S. The number of fused-ring (bicyclic) bond motifs is 1. The highest BCUT2D eigenvalue weighted by Crippen LogP contribution is 2.27. The van der Waals surface area contributed by atoms with Crippen molar-refractivity contribution >= 4 is 28.1 Å². The number of rotatable bonds is 5. The lowest BCUT2D eigenvalue weighted by molar-refractivity contribution is 0.0691. The molecule has 26 heavy (non-hydrogen) atoms. The number of carboxylic acid groups (broad SMARTS) is 1. The largest absolute Gasteiger partial charge is 0.486 e. The molecule has 1 aromatic heterocycles. The molecule has 0 radical (unpaired) electrons. The Kier molecular flexibility index (Phi) is 4.37. The van der Waals surface area contributed by atoms with E-state index < -0.39 is 5.97 Å². The molecule has 1 heterocycles. The van der Waals surface area contributed by atoms with E-state index in [1.54, 1.807) is 18.2 Å². The predicted octanol–water partition coefficient (Wildman–Crippen LogP) is 5.24. The highest BCUT2D eigenvalue weighted by atomic mass is 32.1. The molecule has 0 bridgehead atoms. The quantitative estimate of drug-likeness (QED) is 0.528. The second-order valence-electron chi connectivity index (χ2n) is 5.78. The SMILES string of the molecule is O=C(O)c1ccccc1OCc1nc(-c2ccc3ccccc3c2)cs1. The summed E-state index contributed by atoms with van der Waals surface area (Å²) in [6, 6.07) is 21.1. The van der Waals surface area contributed by atoms with E-state index in [0.717, 1.165) is 16.3 Å². The Labute approximate surface area is 154 Å². The van der Waals surface area contributed by atoms with E-state index >= 15 is 0 Å². The van der Waals surface area contributed by atoms with E-state index in [0.29, 0.717) is 5.75 Å². The Morgan fingerprint density at radius 1 is 1.00 bits per heavy atom. The van der Waals surface area contributed by atoms with Gasteiger partial charge in [-0.15, -0.1) is 11.3 Å². The molecule has 0 atom stereocenters. The van der Waals surface area contributed by atoms with Crippen molar-refractivity contribution in [3.05, 3.63) is 82.7 Å². The van der Waals surface area contributed by atoms with Crippen LogP contribution in [-0.4, -0.2) is 16.1 Å². The monoisotopic (exact) mass is 361 g/mol. The molecule has 0 amide bonds. The predicted molar refractivity (Wildman–Crippen MR) is 103 cm³/mol. The molecule has 0 saturated carbocycles. The summed E-state index contributed by atoms with van der Waals surface area (Å²) in [5, 5.41) is 14.4. The van der Waals surface area contributed by atoms with E-state index in [9.17, 15) is 9.90 Å². The van der Waals surface area contributed by atoms with Crippen LogP contribution < -0.4 is 4.74 Å². The summed E-state index contributed by atoms with van der Waals surface area (Å²) in [5.74, 6) is -0.654. The van der Waals surface area contributed by atoms with E-state index in [-0.39, 0.29) is 12.2 Å². The van der Waals surface area contributed by atoms with Crippen molar-refractivity contribution in [3.8, 4) is 17.0 Å². The first kappa shape index (κ1) is 16.3. The minimum Gasteiger partial charge on any atom is -0.486 e. The molecule has 1 N–H and O–H groups in total. The Morgan fingerprint density at radius 2 is 1.77 bits per heavy atom. The van der Waals surface area contributed by atoms with Crippen molar-refractivity contribution in [1.29, 1.82) is 0 Å². The Morgan fingerprint density at radius 3 is 2.62 bits per heavy atom. The van der Waals surface area contributed by atoms with Crippen LogP contribution in [0.1, 0.15) is 15.4 Å². The van der Waals surface area contributed by atoms with Crippen molar-refractivity contribution in [2.75, 3.05) is 0 Å². The van der Waals surface area contributed by atoms with Crippen LogP contribution in [-0.2, 0) is 6.61 Å². The summed E-state index contributed by atoms with van der Waals surface area (Å²) in [4.78, 5) is 15.9. The van der Waals surface area contributed by atoms with Crippen molar-refractivity contribution < 1.29 is 14.6 Å². The Balaban J connectivity index is 1.54. The zero-order valence-electron chi connectivity index (χ0n) is 13.8. The van der Waals surface area contributed by atoms with Gasteiger partial charge in [0.2, 0.25) is 0 Å². The number of carbonyl (C=O) groups is 1. The molecule has 4 rings (SSSR count). The summed E-state index contributed by atoms with van der Waals surface area (Å²) < 4.78 is 5.67. The number of nitrogens with zero attached hydrogens (tertiary/aromatic N) is 1. The van der Waals surface area contributed by atoms with Crippen molar-refractivity contribution in [2.45, 2.75) is 6.61 Å². The first-order valence-electron chi connectivity index (χ1n) is 8.09. The third-order valence-electron chi connectivity index (χ3n) is 4.07. The fourth-order valence-corrected chi connectivity index (χ4v) is 3.48. The molecule has 0 aliphatic carbocycles. The molecule has 128 valence electrons. The minimum absolute atomic E-state index is 0.152. The van der Waals surface area contributed by atoms with Gasteiger partial charge in [-0.05, 0) is 29.0 Å². The van der Waals surface area contributed by atoms with Crippen LogP contribution >= 0.6 is 11.3 Å². The van der Waals surface area contributed by atoms with Gasteiger partial charge < -0.3 is 9.84 Å². The number of carboxylic acids is 1. The van der Waals surface area contributed by atoms with Gasteiger partial charge in [0, 0.05) is 10.9 Å². The number of hydrogen-bond donors (Lipinski definition) is 1. The zero-order valence-corrected chi connectivity index (χ0v) is 14.6. The summed E-state index contributed by atoms with van der Waals surface area (Å²) in [6.45, 7) is 0.239. The lowest BCUT2D eigenvalue weighted by Gasteiger charge is -2.07. The Bertz CT molecular complexity index is 1090. The molecule has 4 aromatic rings. The van der Waals surface area contributed by atoms with E-state index in [1.807, 2.05) is 17.5 Å². The third-order valence-corrected chi connectivity index (χ3v) is 4.89. The van der Waals surface area contributed by atoms with Gasteiger partial charge in [-0.3, -0.25) is 0 Å². The number of benzene rings is 3. The van der Waals surface area contributed by atoms with Gasteiger partial charge in [0.1, 0.15) is 22.9 Å². The summed E-state index contributed by atoms with van der Waals surface area (Å²) in [7, 11) is 0. The number of thiazole rings is 1. The van der Waals surface area contributed by atoms with Gasteiger partial charge in [-0.2, -0.15) is 0 Å². The number of hydrogen-bond acceptors (Lipinski definition) is 4. The zero-order chi connectivity index (χ0) is 17.9. The second kappa shape index (κ2) is 6.98. The van der Waals surface area contributed by atoms with Crippen molar-refractivity contribution in [3.63, 3.8) is 0 Å². The van der Waals surface area contributed by atoms with Gasteiger partial charge in [0.05, 0.1) is 5.69 Å². The number of ether oxygens (including phenoxy) is 1. The molecular weight excluding hydrogens is 346 g/mol. The highest BCUT2D eigenvalue weighted by Gasteiger charge is 2.11. The first-order chi connectivity index (χ1) is 12.7. The molecule has 0 aliphatic rings. The van der Waals surface area contributed by atoms with Crippen molar-refractivity contribution in [2.24, 2.45) is 0 Å². The molecule has 0 aliphatic heterocycles. The maximum Gasteiger partial charge on any atom is 0.339 e. The second-order valence-corrected chi connectivity index (χ2v) is 6.72. The van der Waals surface area contributed by atoms with Gasteiger partial charge in [0.25, 0.3) is 0 Å². The van der Waals surface area contributed by atoms with Crippen LogP contribution in [0.15, 0.2) is 72.1 Å². The molecule has 0 fully saturated rings. The fourth-order valence-electron chi connectivity index (χ4n) is 2.77. The number of aromatic nitrogens is 1. The lowest BCUT2D eigenvalue weighted by atomic mass is 10.1. The molecule has 4 nitrogen and oxygen atoms in total. The minimum atomic E-state index is -1.00. The topological polar surface area (TPSA) is 59.4 Å². The summed E-state index contributed by atoms with van der Waals surface area (Å²) >= 11 is 1.50. The van der Waals surface area contributed by atoms with Gasteiger partial charge >= 0.3 is 5.97 Å². The van der Waals surface area contributed by atoms with Gasteiger partial charge in [-0.25, -0.2) is 9.78 Å². The summed E-state index contributed by atoms with van der Waals surface area (Å²) in [5.41, 5.74) is 2.10. The molecule has 5 heteroatoms.